The summed E-state index contributed by atoms with van der Waals surface area (Å²) < 4.78 is 2.04. The quantitative estimate of drug-likeness (QED) is 0.843. The molecule has 4 nitrogen and oxygen atoms in total. The fourth-order valence-electron chi connectivity index (χ4n) is 2.99. The molecule has 0 radical (unpaired) electrons. The highest BCUT2D eigenvalue weighted by molar-refractivity contribution is 4.97. The van der Waals surface area contributed by atoms with Crippen molar-refractivity contribution in [2.24, 2.45) is 5.41 Å². The van der Waals surface area contributed by atoms with E-state index < -0.39 is 0 Å². The topological polar surface area (TPSA) is 42.7 Å². The van der Waals surface area contributed by atoms with Crippen LogP contribution in [0.25, 0.3) is 0 Å². The second-order valence-corrected chi connectivity index (χ2v) is 5.91. The van der Waals surface area contributed by atoms with Crippen LogP contribution in [0.15, 0.2) is 6.33 Å². The van der Waals surface area contributed by atoms with Gasteiger partial charge in [-0.15, -0.1) is 0 Å². The molecule has 1 saturated carbocycles. The first-order chi connectivity index (χ1) is 8.65. The summed E-state index contributed by atoms with van der Waals surface area (Å²) in [4.78, 5) is 4.45. The predicted molar refractivity (Wildman–Crippen MR) is 73.4 cm³/mol. The Labute approximate surface area is 110 Å². The Balaban J connectivity index is 2.06. The smallest absolute Gasteiger partial charge is 0.138 e. The first kappa shape index (κ1) is 13.5. The van der Waals surface area contributed by atoms with Gasteiger partial charge in [0.15, 0.2) is 0 Å². The Bertz CT molecular complexity index is 364. The molecule has 0 bridgehead atoms. The molecule has 0 saturated heterocycles. The fraction of sp³-hybridized carbons (Fsp3) is 0.857. The highest BCUT2D eigenvalue weighted by Gasteiger charge is 2.35. The van der Waals surface area contributed by atoms with E-state index in [9.17, 15) is 0 Å². The molecule has 0 spiro atoms. The van der Waals surface area contributed by atoms with E-state index in [0.717, 1.165) is 25.3 Å². The lowest BCUT2D eigenvalue weighted by molar-refractivity contribution is 0.259. The number of hydrogen-bond acceptors (Lipinski definition) is 3. The molecule has 0 atom stereocenters. The first-order valence-electron chi connectivity index (χ1n) is 7.25. The molecule has 0 amide bonds. The van der Waals surface area contributed by atoms with Crippen LogP contribution in [0.3, 0.4) is 0 Å². The average molecular weight is 250 g/mol. The molecule has 0 unspecified atom stereocenters. The van der Waals surface area contributed by atoms with Crippen LogP contribution in [0.4, 0.5) is 0 Å². The van der Waals surface area contributed by atoms with Gasteiger partial charge in [0.2, 0.25) is 0 Å². The third-order valence-electron chi connectivity index (χ3n) is 4.08. The van der Waals surface area contributed by atoms with Gasteiger partial charge < -0.3 is 5.32 Å². The van der Waals surface area contributed by atoms with Crippen molar-refractivity contribution in [3.8, 4) is 0 Å². The van der Waals surface area contributed by atoms with Crippen LogP contribution < -0.4 is 5.32 Å². The Morgan fingerprint density at radius 3 is 2.72 bits per heavy atom. The molecular formula is C14H26N4. The fourth-order valence-corrected chi connectivity index (χ4v) is 2.99. The van der Waals surface area contributed by atoms with Crippen LogP contribution in [0.1, 0.15) is 52.3 Å². The summed E-state index contributed by atoms with van der Waals surface area (Å²) in [5.74, 6) is 1.16. The summed E-state index contributed by atoms with van der Waals surface area (Å²) in [7, 11) is 0. The van der Waals surface area contributed by atoms with E-state index in [1.807, 2.05) is 4.68 Å². The maximum Gasteiger partial charge on any atom is 0.138 e. The van der Waals surface area contributed by atoms with Gasteiger partial charge >= 0.3 is 0 Å². The predicted octanol–water partition coefficient (Wildman–Crippen LogP) is 2.40. The Kier molecular flexibility index (Phi) is 4.38. The van der Waals surface area contributed by atoms with Crippen molar-refractivity contribution in [1.29, 1.82) is 0 Å². The summed E-state index contributed by atoms with van der Waals surface area (Å²) in [5.41, 5.74) is 0.407. The van der Waals surface area contributed by atoms with Crippen molar-refractivity contribution < 1.29 is 0 Å². The van der Waals surface area contributed by atoms with Crippen LogP contribution >= 0.6 is 0 Å². The monoisotopic (exact) mass is 250 g/mol. The molecule has 1 fully saturated rings. The van der Waals surface area contributed by atoms with Crippen LogP contribution in [-0.2, 0) is 13.0 Å². The molecule has 1 aliphatic carbocycles. The lowest BCUT2D eigenvalue weighted by Crippen LogP contribution is -2.38. The van der Waals surface area contributed by atoms with Gasteiger partial charge in [0, 0.05) is 25.6 Å². The molecule has 2 rings (SSSR count). The van der Waals surface area contributed by atoms with Gasteiger partial charge in [-0.1, -0.05) is 26.7 Å². The van der Waals surface area contributed by atoms with Gasteiger partial charge in [-0.2, -0.15) is 5.10 Å². The van der Waals surface area contributed by atoms with Gasteiger partial charge in [0.05, 0.1) is 0 Å². The minimum absolute atomic E-state index is 0.407. The first-order valence-corrected chi connectivity index (χ1v) is 7.25. The lowest BCUT2D eigenvalue weighted by atomic mass is 9.82. The van der Waals surface area contributed by atoms with Gasteiger partial charge in [-0.05, 0) is 25.2 Å². The van der Waals surface area contributed by atoms with Crippen molar-refractivity contribution in [2.45, 2.75) is 65.5 Å². The van der Waals surface area contributed by atoms with Crippen LogP contribution in [0.5, 0.6) is 0 Å². The van der Waals surface area contributed by atoms with E-state index in [1.165, 1.54) is 25.7 Å². The van der Waals surface area contributed by atoms with E-state index in [-0.39, 0.29) is 0 Å². The molecule has 4 heteroatoms. The van der Waals surface area contributed by atoms with Crippen molar-refractivity contribution >= 4 is 0 Å². The molecule has 1 heterocycles. The van der Waals surface area contributed by atoms with Gasteiger partial charge in [0.25, 0.3) is 0 Å². The van der Waals surface area contributed by atoms with Crippen molar-refractivity contribution in [1.82, 2.24) is 20.1 Å². The maximum absolute atomic E-state index is 4.45. The van der Waals surface area contributed by atoms with Crippen LogP contribution in [-0.4, -0.2) is 27.4 Å². The van der Waals surface area contributed by atoms with Crippen LogP contribution in [0, 0.1) is 5.41 Å². The molecule has 0 aliphatic heterocycles. The third-order valence-corrected chi connectivity index (χ3v) is 4.08. The molecule has 1 aromatic heterocycles. The number of rotatable bonds is 6. The zero-order chi connectivity index (χ0) is 13.0. The molecule has 0 aromatic carbocycles. The van der Waals surface area contributed by atoms with E-state index in [1.54, 1.807) is 6.33 Å². The van der Waals surface area contributed by atoms with Crippen molar-refractivity contribution in [2.75, 3.05) is 6.54 Å². The van der Waals surface area contributed by atoms with E-state index in [2.05, 4.69) is 36.2 Å². The van der Waals surface area contributed by atoms with Crippen molar-refractivity contribution in [3.63, 3.8) is 0 Å². The van der Waals surface area contributed by atoms with E-state index in [0.29, 0.717) is 11.5 Å². The summed E-state index contributed by atoms with van der Waals surface area (Å²) in [5, 5.41) is 7.91. The number of aromatic nitrogens is 3. The Hall–Kier alpha value is -0.900. The maximum atomic E-state index is 4.45. The number of nitrogens with one attached hydrogen (secondary N) is 1. The summed E-state index contributed by atoms with van der Waals surface area (Å²) in [6.07, 6.45) is 8.13. The zero-order valence-corrected chi connectivity index (χ0v) is 11.9. The Morgan fingerprint density at radius 1 is 1.39 bits per heavy atom. The normalized spacial score (nSPS) is 18.7. The molecule has 1 aliphatic rings. The van der Waals surface area contributed by atoms with Gasteiger partial charge in [-0.25, -0.2) is 4.98 Å². The van der Waals surface area contributed by atoms with Crippen LogP contribution in [0.2, 0.25) is 0 Å². The molecule has 1 N–H and O–H groups in total. The second-order valence-electron chi connectivity index (χ2n) is 5.91. The largest absolute Gasteiger partial charge is 0.314 e. The number of nitrogens with zero attached hydrogens (tertiary/aromatic N) is 3. The molecular weight excluding hydrogens is 224 g/mol. The highest BCUT2D eigenvalue weighted by atomic mass is 15.3. The zero-order valence-electron chi connectivity index (χ0n) is 11.9. The molecule has 1 aromatic rings. The average Bonchev–Trinajstić information content (AvgIpc) is 2.97. The standard InChI is InChI=1S/C14H26N4/c1-4-18-13(16-11-17-18)9-14(7-5-6-8-14)10-15-12(2)3/h11-12,15H,4-10H2,1-3H3. The molecule has 102 valence electrons. The lowest BCUT2D eigenvalue weighted by Gasteiger charge is -2.30. The summed E-state index contributed by atoms with van der Waals surface area (Å²) >= 11 is 0. The minimum Gasteiger partial charge on any atom is -0.314 e. The van der Waals surface area contributed by atoms with Gasteiger partial charge in [-0.3, -0.25) is 4.68 Å². The molecule has 18 heavy (non-hydrogen) atoms. The van der Waals surface area contributed by atoms with Crippen molar-refractivity contribution in [3.05, 3.63) is 12.2 Å². The highest BCUT2D eigenvalue weighted by Crippen LogP contribution is 2.40. The minimum atomic E-state index is 0.407. The van der Waals surface area contributed by atoms with E-state index >= 15 is 0 Å². The SMILES string of the molecule is CCn1ncnc1CC1(CNC(C)C)CCCC1. The van der Waals surface area contributed by atoms with E-state index in [4.69, 9.17) is 0 Å². The second kappa shape index (κ2) is 5.83. The summed E-state index contributed by atoms with van der Waals surface area (Å²) in [6, 6.07) is 0.562. The van der Waals surface area contributed by atoms with Gasteiger partial charge in [0.1, 0.15) is 12.2 Å². The Morgan fingerprint density at radius 2 is 2.11 bits per heavy atom. The number of hydrogen-bond donors (Lipinski definition) is 1. The number of aryl methyl sites for hydroxylation is 1. The third kappa shape index (κ3) is 3.10. The summed E-state index contributed by atoms with van der Waals surface area (Å²) in [6.45, 7) is 8.60.